The Kier molecular flexibility index (Phi) is 5.22. The van der Waals surface area contributed by atoms with Gasteiger partial charge in [0.1, 0.15) is 18.6 Å². The second kappa shape index (κ2) is 6.68. The van der Waals surface area contributed by atoms with Crippen molar-refractivity contribution in [2.24, 2.45) is 5.73 Å². The van der Waals surface area contributed by atoms with Gasteiger partial charge in [0.2, 0.25) is 17.7 Å². The summed E-state index contributed by atoms with van der Waals surface area (Å²) in [4.78, 5) is 57.6. The molecule has 0 spiro atoms. The molecule has 0 aliphatic carbocycles. The van der Waals surface area contributed by atoms with Crippen molar-refractivity contribution < 1.29 is 29.1 Å². The number of carbonyl (C=O) groups is 5. The zero-order valence-electron chi connectivity index (χ0n) is 11.3. The molecule has 0 radical (unpaired) electrons. The van der Waals surface area contributed by atoms with Crippen LogP contribution in [-0.4, -0.2) is 58.4 Å². The molecule has 1 fully saturated rings. The highest BCUT2D eigenvalue weighted by atomic mass is 16.4. The van der Waals surface area contributed by atoms with Crippen LogP contribution in [0.3, 0.4) is 0 Å². The lowest BCUT2D eigenvalue weighted by atomic mass is 10.1. The number of nitrogens with zero attached hydrogens (tertiary/aromatic N) is 1. The minimum Gasteiger partial charge on any atom is -0.480 e. The number of nitrogens with two attached hydrogens (primary N) is 1. The normalized spacial score (nSPS) is 19.7. The molecule has 5 N–H and O–H groups in total. The number of urea groups is 1. The van der Waals surface area contributed by atoms with Crippen LogP contribution < -0.4 is 16.4 Å². The van der Waals surface area contributed by atoms with Crippen LogP contribution in [0, 0.1) is 0 Å². The van der Waals surface area contributed by atoms with E-state index in [1.807, 2.05) is 0 Å². The van der Waals surface area contributed by atoms with E-state index in [9.17, 15) is 24.0 Å². The first kappa shape index (κ1) is 16.4. The van der Waals surface area contributed by atoms with Crippen LogP contribution in [0.15, 0.2) is 0 Å². The van der Waals surface area contributed by atoms with Crippen molar-refractivity contribution in [3.8, 4) is 0 Å². The molecule has 10 heteroatoms. The number of carboxylic acids is 1. The molecule has 0 saturated carbocycles. The van der Waals surface area contributed by atoms with Crippen molar-refractivity contribution in [2.75, 3.05) is 6.54 Å². The number of rotatable bonds is 5. The fourth-order valence-corrected chi connectivity index (χ4v) is 1.92. The summed E-state index contributed by atoms with van der Waals surface area (Å²) in [5.41, 5.74) is 4.90. The molecule has 5 amide bonds. The highest BCUT2D eigenvalue weighted by Crippen LogP contribution is 2.10. The molecule has 1 unspecified atom stereocenters. The van der Waals surface area contributed by atoms with E-state index in [1.165, 1.54) is 0 Å². The molecule has 21 heavy (non-hydrogen) atoms. The smallest absolute Gasteiger partial charge is 0.326 e. The lowest BCUT2D eigenvalue weighted by molar-refractivity contribution is -0.141. The van der Waals surface area contributed by atoms with Gasteiger partial charge in [0, 0.05) is 0 Å². The number of hydrogen-bond donors (Lipinski definition) is 4. The topological polar surface area (TPSA) is 159 Å². The van der Waals surface area contributed by atoms with Crippen LogP contribution in [0.5, 0.6) is 0 Å². The Hall–Kier alpha value is -2.65. The molecule has 0 bridgehead atoms. The van der Waals surface area contributed by atoms with Crippen molar-refractivity contribution in [1.82, 2.24) is 15.5 Å². The zero-order valence-corrected chi connectivity index (χ0v) is 11.3. The molecule has 0 aromatic carbocycles. The maximum atomic E-state index is 12.0. The van der Waals surface area contributed by atoms with Crippen LogP contribution in [0.25, 0.3) is 0 Å². The SMILES string of the molecule is CCC1C(=O)NC(=O)CN1C(=O)N[C@H](CC(N)=O)C(=O)O. The Bertz CT molecular complexity index is 491. The quantitative estimate of drug-likeness (QED) is 0.420. The Morgan fingerprint density at radius 2 is 2.10 bits per heavy atom. The number of carbonyl (C=O) groups excluding carboxylic acids is 4. The Morgan fingerprint density at radius 1 is 1.48 bits per heavy atom. The number of primary amides is 1. The minimum absolute atomic E-state index is 0.250. The fourth-order valence-electron chi connectivity index (χ4n) is 1.92. The van der Waals surface area contributed by atoms with Crippen molar-refractivity contribution in [1.29, 1.82) is 0 Å². The molecular weight excluding hydrogens is 284 g/mol. The first-order chi connectivity index (χ1) is 9.76. The number of aliphatic carboxylic acids is 1. The second-order valence-electron chi connectivity index (χ2n) is 4.48. The van der Waals surface area contributed by atoms with Gasteiger partial charge in [-0.05, 0) is 6.42 Å². The van der Waals surface area contributed by atoms with E-state index in [0.29, 0.717) is 0 Å². The van der Waals surface area contributed by atoms with E-state index in [-0.39, 0.29) is 13.0 Å². The summed E-state index contributed by atoms with van der Waals surface area (Å²) in [6, 6.07) is -3.32. The van der Waals surface area contributed by atoms with E-state index >= 15 is 0 Å². The molecule has 1 heterocycles. The Balaban J connectivity index is 2.83. The van der Waals surface area contributed by atoms with Crippen LogP contribution in [-0.2, 0) is 19.2 Å². The number of carboxylic acid groups (broad SMARTS) is 1. The van der Waals surface area contributed by atoms with E-state index in [2.05, 4.69) is 10.6 Å². The number of hydrogen-bond acceptors (Lipinski definition) is 5. The minimum atomic E-state index is -1.52. The van der Waals surface area contributed by atoms with Crippen LogP contribution in [0.2, 0.25) is 0 Å². The summed E-state index contributed by atoms with van der Waals surface area (Å²) in [7, 11) is 0. The van der Waals surface area contributed by atoms with Gasteiger partial charge in [-0.15, -0.1) is 0 Å². The first-order valence-corrected chi connectivity index (χ1v) is 6.18. The molecule has 1 aliphatic heterocycles. The third-order valence-corrected chi connectivity index (χ3v) is 2.90. The molecule has 2 atom stereocenters. The summed E-state index contributed by atoms with van der Waals surface area (Å²) < 4.78 is 0. The van der Waals surface area contributed by atoms with Crippen molar-refractivity contribution in [2.45, 2.75) is 31.8 Å². The van der Waals surface area contributed by atoms with Crippen molar-refractivity contribution in [3.05, 3.63) is 0 Å². The van der Waals surface area contributed by atoms with Crippen LogP contribution >= 0.6 is 0 Å². The van der Waals surface area contributed by atoms with E-state index in [0.717, 1.165) is 4.90 Å². The monoisotopic (exact) mass is 300 g/mol. The zero-order chi connectivity index (χ0) is 16.2. The molecule has 10 nitrogen and oxygen atoms in total. The molecule has 1 rings (SSSR count). The number of imide groups is 1. The lowest BCUT2D eigenvalue weighted by Crippen LogP contribution is -2.62. The van der Waals surface area contributed by atoms with Crippen LogP contribution in [0.4, 0.5) is 4.79 Å². The molecule has 1 saturated heterocycles. The van der Waals surface area contributed by atoms with Crippen molar-refractivity contribution in [3.63, 3.8) is 0 Å². The summed E-state index contributed by atoms with van der Waals surface area (Å²) in [6.07, 6.45) is -0.341. The maximum absolute atomic E-state index is 12.0. The van der Waals surface area contributed by atoms with Gasteiger partial charge in [-0.2, -0.15) is 0 Å². The van der Waals surface area contributed by atoms with Gasteiger partial charge in [0.25, 0.3) is 0 Å². The van der Waals surface area contributed by atoms with Gasteiger partial charge in [-0.1, -0.05) is 6.92 Å². The molecule has 0 aromatic rings. The molecular formula is C11H16N4O6. The third kappa shape index (κ3) is 4.16. The summed E-state index contributed by atoms with van der Waals surface area (Å²) in [6.45, 7) is 1.26. The summed E-state index contributed by atoms with van der Waals surface area (Å²) in [5, 5.41) is 13.1. The van der Waals surface area contributed by atoms with Gasteiger partial charge in [-0.25, -0.2) is 9.59 Å². The predicted octanol–water partition coefficient (Wildman–Crippen LogP) is -2.24. The van der Waals surface area contributed by atoms with E-state index in [1.54, 1.807) is 6.92 Å². The van der Waals surface area contributed by atoms with Gasteiger partial charge >= 0.3 is 12.0 Å². The van der Waals surface area contributed by atoms with E-state index in [4.69, 9.17) is 10.8 Å². The van der Waals surface area contributed by atoms with E-state index < -0.39 is 48.2 Å². The fraction of sp³-hybridized carbons (Fsp3) is 0.545. The van der Waals surface area contributed by atoms with Gasteiger partial charge in [0.05, 0.1) is 6.42 Å². The third-order valence-electron chi connectivity index (χ3n) is 2.90. The first-order valence-electron chi connectivity index (χ1n) is 6.18. The second-order valence-corrected chi connectivity index (χ2v) is 4.48. The number of amides is 5. The lowest BCUT2D eigenvalue weighted by Gasteiger charge is -2.33. The number of piperazine rings is 1. The van der Waals surface area contributed by atoms with Gasteiger partial charge in [-0.3, -0.25) is 19.7 Å². The molecule has 0 aromatic heterocycles. The largest absolute Gasteiger partial charge is 0.480 e. The standard InChI is InChI=1S/C11H16N4O6/c1-2-6-9(18)14-8(17)4-15(6)11(21)13-5(10(19)20)3-7(12)16/h5-6H,2-4H2,1H3,(H2,12,16)(H,13,21)(H,19,20)(H,14,17,18)/t5-,6?/m1/s1. The van der Waals surface area contributed by atoms with Gasteiger partial charge in [0.15, 0.2) is 0 Å². The average Bonchev–Trinajstić information content (AvgIpc) is 2.36. The van der Waals surface area contributed by atoms with Crippen molar-refractivity contribution >= 4 is 29.7 Å². The highest BCUT2D eigenvalue weighted by Gasteiger charge is 2.37. The number of nitrogens with one attached hydrogen (secondary N) is 2. The maximum Gasteiger partial charge on any atom is 0.326 e. The Morgan fingerprint density at radius 3 is 2.57 bits per heavy atom. The Labute approximate surface area is 119 Å². The highest BCUT2D eigenvalue weighted by molar-refractivity contribution is 6.04. The predicted molar refractivity (Wildman–Crippen MR) is 67.7 cm³/mol. The molecule has 116 valence electrons. The summed E-state index contributed by atoms with van der Waals surface area (Å²) in [5.74, 6) is -3.64. The average molecular weight is 300 g/mol. The van der Waals surface area contributed by atoms with Gasteiger partial charge < -0.3 is 21.1 Å². The summed E-state index contributed by atoms with van der Waals surface area (Å²) >= 11 is 0. The molecule has 1 aliphatic rings. The van der Waals surface area contributed by atoms with Crippen LogP contribution in [0.1, 0.15) is 19.8 Å².